The highest BCUT2D eigenvalue weighted by Crippen LogP contribution is 2.38. The number of guanidine groups is 1. The monoisotopic (exact) mass is 378 g/mol. The second-order valence-electron chi connectivity index (χ2n) is 7.11. The number of hydrogen-bond donors (Lipinski definition) is 2. The molecule has 26 heavy (non-hydrogen) atoms. The number of carbonyl (C=O) groups is 1. The lowest BCUT2D eigenvalue weighted by Crippen LogP contribution is -2.41. The predicted molar refractivity (Wildman–Crippen MR) is 105 cm³/mol. The van der Waals surface area contributed by atoms with Crippen molar-refractivity contribution >= 4 is 29.2 Å². The first-order valence-corrected chi connectivity index (χ1v) is 9.57. The Kier molecular flexibility index (Phi) is 6.38. The molecule has 0 saturated carbocycles. The Balaban J connectivity index is 1.37. The van der Waals surface area contributed by atoms with Crippen molar-refractivity contribution in [2.75, 3.05) is 45.2 Å². The van der Waals surface area contributed by atoms with E-state index in [9.17, 15) is 4.79 Å². The minimum Gasteiger partial charge on any atom is -0.381 e. The van der Waals surface area contributed by atoms with Gasteiger partial charge < -0.3 is 20.3 Å². The van der Waals surface area contributed by atoms with Gasteiger partial charge in [0.15, 0.2) is 5.96 Å². The number of hydrogen-bond acceptors (Lipinski definition) is 3. The van der Waals surface area contributed by atoms with Crippen LogP contribution in [0.4, 0.5) is 5.69 Å². The Bertz CT molecular complexity index is 641. The highest BCUT2D eigenvalue weighted by molar-refractivity contribution is 6.30. The lowest BCUT2D eigenvalue weighted by molar-refractivity contribution is -0.116. The Morgan fingerprint density at radius 2 is 2.15 bits per heavy atom. The summed E-state index contributed by atoms with van der Waals surface area (Å²) in [6.45, 7) is 4.48. The summed E-state index contributed by atoms with van der Waals surface area (Å²) < 4.78 is 5.59. The van der Waals surface area contributed by atoms with E-state index in [4.69, 9.17) is 16.3 Å². The molecule has 3 rings (SSSR count). The van der Waals surface area contributed by atoms with Gasteiger partial charge in [0.1, 0.15) is 0 Å². The van der Waals surface area contributed by atoms with Gasteiger partial charge in [0.25, 0.3) is 0 Å². The fourth-order valence-corrected chi connectivity index (χ4v) is 3.75. The van der Waals surface area contributed by atoms with Crippen LogP contribution in [-0.2, 0) is 9.53 Å². The maximum atomic E-state index is 12.0. The molecule has 1 unspecified atom stereocenters. The Morgan fingerprint density at radius 3 is 2.85 bits per heavy atom. The zero-order chi connectivity index (χ0) is 18.4. The highest BCUT2D eigenvalue weighted by Gasteiger charge is 2.42. The SMILES string of the molecule is CN=C(NCCCC(=O)Nc1ccc(Cl)cc1)N1CCC2(CCOC2)C1. The summed E-state index contributed by atoms with van der Waals surface area (Å²) in [5.41, 5.74) is 1.08. The van der Waals surface area contributed by atoms with Gasteiger partial charge in [-0.2, -0.15) is 0 Å². The van der Waals surface area contributed by atoms with Gasteiger partial charge >= 0.3 is 0 Å². The molecule has 2 N–H and O–H groups in total. The molecule has 0 radical (unpaired) electrons. The van der Waals surface area contributed by atoms with E-state index in [1.807, 2.05) is 7.05 Å². The Labute approximate surface area is 159 Å². The molecule has 1 atom stereocenters. The van der Waals surface area contributed by atoms with E-state index in [0.717, 1.165) is 63.8 Å². The number of benzene rings is 1. The van der Waals surface area contributed by atoms with Crippen molar-refractivity contribution in [3.63, 3.8) is 0 Å². The van der Waals surface area contributed by atoms with Gasteiger partial charge in [-0.3, -0.25) is 9.79 Å². The van der Waals surface area contributed by atoms with E-state index >= 15 is 0 Å². The second-order valence-corrected chi connectivity index (χ2v) is 7.54. The Morgan fingerprint density at radius 1 is 1.35 bits per heavy atom. The minimum atomic E-state index is 0.00680. The molecular weight excluding hydrogens is 352 g/mol. The molecule has 2 heterocycles. The van der Waals surface area contributed by atoms with E-state index in [1.54, 1.807) is 24.3 Å². The first kappa shape index (κ1) is 19.0. The summed E-state index contributed by atoms with van der Waals surface area (Å²) in [6, 6.07) is 7.13. The van der Waals surface area contributed by atoms with Crippen molar-refractivity contribution < 1.29 is 9.53 Å². The van der Waals surface area contributed by atoms with Crippen LogP contribution in [0.25, 0.3) is 0 Å². The molecule has 0 aliphatic carbocycles. The molecule has 0 aromatic heterocycles. The molecule has 2 aliphatic rings. The molecule has 1 spiro atoms. The summed E-state index contributed by atoms with van der Waals surface area (Å²) in [7, 11) is 1.81. The molecule has 1 amide bonds. The standard InChI is InChI=1S/C19H27ClN4O2/c1-21-18(24-11-8-19(13-24)9-12-26-14-19)22-10-2-3-17(25)23-16-6-4-15(20)5-7-16/h4-7H,2-3,8-14H2,1H3,(H,21,22)(H,23,25). The number of nitrogens with one attached hydrogen (secondary N) is 2. The zero-order valence-corrected chi connectivity index (χ0v) is 16.0. The molecule has 2 saturated heterocycles. The Hall–Kier alpha value is -1.79. The van der Waals surface area contributed by atoms with Crippen molar-refractivity contribution in [2.45, 2.75) is 25.7 Å². The van der Waals surface area contributed by atoms with E-state index in [0.29, 0.717) is 16.9 Å². The molecule has 1 aromatic carbocycles. The number of carbonyl (C=O) groups excluding carboxylic acids is 1. The van der Waals surface area contributed by atoms with E-state index < -0.39 is 0 Å². The average Bonchev–Trinajstić information content (AvgIpc) is 3.27. The normalized spacial score (nSPS) is 22.8. The molecular formula is C19H27ClN4O2. The number of ether oxygens (including phenoxy) is 1. The average molecular weight is 379 g/mol. The number of halogens is 1. The number of likely N-dealkylation sites (tertiary alicyclic amines) is 1. The van der Waals surface area contributed by atoms with Crippen LogP contribution in [0.1, 0.15) is 25.7 Å². The molecule has 2 fully saturated rings. The van der Waals surface area contributed by atoms with Crippen molar-refractivity contribution in [3.8, 4) is 0 Å². The van der Waals surface area contributed by atoms with Gasteiger partial charge in [0.05, 0.1) is 6.61 Å². The fourth-order valence-electron chi connectivity index (χ4n) is 3.63. The summed E-state index contributed by atoms with van der Waals surface area (Å²) in [6.07, 6.45) is 3.52. The number of anilines is 1. The van der Waals surface area contributed by atoms with E-state index in [-0.39, 0.29) is 5.91 Å². The zero-order valence-electron chi connectivity index (χ0n) is 15.3. The summed E-state index contributed by atoms with van der Waals surface area (Å²) in [5, 5.41) is 6.92. The maximum absolute atomic E-state index is 12.0. The number of amides is 1. The minimum absolute atomic E-state index is 0.00680. The van der Waals surface area contributed by atoms with Crippen LogP contribution in [0, 0.1) is 5.41 Å². The first-order chi connectivity index (χ1) is 12.6. The van der Waals surface area contributed by atoms with Gasteiger partial charge in [-0.25, -0.2) is 0 Å². The summed E-state index contributed by atoms with van der Waals surface area (Å²) in [4.78, 5) is 18.7. The molecule has 1 aromatic rings. The van der Waals surface area contributed by atoms with E-state index in [1.165, 1.54) is 0 Å². The van der Waals surface area contributed by atoms with Gasteiger partial charge in [-0.05, 0) is 43.5 Å². The molecule has 142 valence electrons. The highest BCUT2D eigenvalue weighted by atomic mass is 35.5. The summed E-state index contributed by atoms with van der Waals surface area (Å²) in [5.74, 6) is 0.930. The van der Waals surface area contributed by atoms with Crippen LogP contribution in [0.15, 0.2) is 29.3 Å². The van der Waals surface area contributed by atoms with Gasteiger partial charge in [0.2, 0.25) is 5.91 Å². The predicted octanol–water partition coefficient (Wildman–Crippen LogP) is 2.75. The number of nitrogens with zero attached hydrogens (tertiary/aromatic N) is 2. The van der Waals surface area contributed by atoms with Crippen LogP contribution >= 0.6 is 11.6 Å². The third kappa shape index (κ3) is 4.89. The third-order valence-electron chi connectivity index (χ3n) is 5.13. The van der Waals surface area contributed by atoms with E-state index in [2.05, 4.69) is 20.5 Å². The topological polar surface area (TPSA) is 66.0 Å². The smallest absolute Gasteiger partial charge is 0.224 e. The number of rotatable bonds is 5. The molecule has 0 bridgehead atoms. The van der Waals surface area contributed by atoms with Crippen LogP contribution in [0.2, 0.25) is 5.02 Å². The lowest BCUT2D eigenvalue weighted by Gasteiger charge is -2.24. The van der Waals surface area contributed by atoms with Crippen LogP contribution in [0.5, 0.6) is 0 Å². The van der Waals surface area contributed by atoms with Crippen LogP contribution in [-0.4, -0.2) is 56.7 Å². The van der Waals surface area contributed by atoms with Crippen molar-refractivity contribution in [2.24, 2.45) is 10.4 Å². The quantitative estimate of drug-likeness (QED) is 0.469. The number of aliphatic imine (C=N–C) groups is 1. The van der Waals surface area contributed by atoms with Gasteiger partial charge in [-0.1, -0.05) is 11.6 Å². The van der Waals surface area contributed by atoms with Crippen LogP contribution in [0.3, 0.4) is 0 Å². The van der Waals surface area contributed by atoms with Crippen molar-refractivity contribution in [1.29, 1.82) is 0 Å². The maximum Gasteiger partial charge on any atom is 0.224 e. The fraction of sp³-hybridized carbons (Fsp3) is 0.579. The third-order valence-corrected chi connectivity index (χ3v) is 5.38. The van der Waals surface area contributed by atoms with Crippen molar-refractivity contribution in [1.82, 2.24) is 10.2 Å². The lowest BCUT2D eigenvalue weighted by atomic mass is 9.87. The van der Waals surface area contributed by atoms with Gasteiger partial charge in [0, 0.05) is 55.8 Å². The molecule has 6 nitrogen and oxygen atoms in total. The van der Waals surface area contributed by atoms with Crippen LogP contribution < -0.4 is 10.6 Å². The van der Waals surface area contributed by atoms with Crippen molar-refractivity contribution in [3.05, 3.63) is 29.3 Å². The first-order valence-electron chi connectivity index (χ1n) is 9.19. The summed E-state index contributed by atoms with van der Waals surface area (Å²) >= 11 is 5.84. The largest absolute Gasteiger partial charge is 0.381 e. The second kappa shape index (κ2) is 8.73. The molecule has 2 aliphatic heterocycles. The molecule has 7 heteroatoms. The van der Waals surface area contributed by atoms with Gasteiger partial charge in [-0.15, -0.1) is 0 Å².